The van der Waals surface area contributed by atoms with E-state index in [0.29, 0.717) is 16.4 Å². The second-order valence-electron chi connectivity index (χ2n) is 3.92. The van der Waals surface area contributed by atoms with E-state index in [-0.39, 0.29) is 0 Å². The van der Waals surface area contributed by atoms with Crippen LogP contribution < -0.4 is 10.7 Å². The Bertz CT molecular complexity index is 674. The van der Waals surface area contributed by atoms with Crippen LogP contribution in [0.15, 0.2) is 53.8 Å². The molecule has 0 radical (unpaired) electrons. The summed E-state index contributed by atoms with van der Waals surface area (Å²) in [5, 5.41) is 6.51. The van der Waals surface area contributed by atoms with Gasteiger partial charge < -0.3 is 5.32 Å². The number of nitrogens with zero attached hydrogens (tertiary/aromatic N) is 2. The number of rotatable bonds is 3. The van der Waals surface area contributed by atoms with Crippen molar-refractivity contribution in [3.8, 4) is 0 Å². The zero-order valence-electron chi connectivity index (χ0n) is 10.8. The standard InChI is InChI=1S/C14H11ClN4O2/c15-10-4-3-6-11(8-10)18-13(20)14(21)19-17-9-12-5-1-2-7-16-12/h1-9H,(H,18,20)(H,19,21)/b17-9-. The van der Waals surface area contributed by atoms with Crippen LogP contribution in [0, 0.1) is 0 Å². The third kappa shape index (κ3) is 4.70. The highest BCUT2D eigenvalue weighted by molar-refractivity contribution is 6.39. The maximum Gasteiger partial charge on any atom is 0.329 e. The molecule has 1 aromatic heterocycles. The molecule has 0 fully saturated rings. The summed E-state index contributed by atoms with van der Waals surface area (Å²) < 4.78 is 0. The first-order valence-electron chi connectivity index (χ1n) is 5.96. The minimum Gasteiger partial charge on any atom is -0.318 e. The molecule has 0 aliphatic rings. The van der Waals surface area contributed by atoms with Crippen LogP contribution in [0.1, 0.15) is 5.69 Å². The fraction of sp³-hybridized carbons (Fsp3) is 0. The quantitative estimate of drug-likeness (QED) is 0.515. The van der Waals surface area contributed by atoms with Crippen LogP contribution in [0.5, 0.6) is 0 Å². The van der Waals surface area contributed by atoms with Gasteiger partial charge in [-0.3, -0.25) is 14.6 Å². The summed E-state index contributed by atoms with van der Waals surface area (Å²) in [7, 11) is 0. The maximum atomic E-state index is 11.6. The van der Waals surface area contributed by atoms with Gasteiger partial charge in [0, 0.05) is 16.9 Å². The Hall–Kier alpha value is -2.73. The van der Waals surface area contributed by atoms with Gasteiger partial charge in [-0.05, 0) is 30.3 Å². The lowest BCUT2D eigenvalue weighted by Gasteiger charge is -2.03. The van der Waals surface area contributed by atoms with E-state index >= 15 is 0 Å². The molecule has 0 saturated carbocycles. The van der Waals surface area contributed by atoms with Crippen molar-refractivity contribution in [3.05, 3.63) is 59.4 Å². The Morgan fingerprint density at radius 2 is 2.00 bits per heavy atom. The van der Waals surface area contributed by atoms with Crippen molar-refractivity contribution in [1.82, 2.24) is 10.4 Å². The van der Waals surface area contributed by atoms with Crippen LogP contribution in [-0.4, -0.2) is 23.0 Å². The van der Waals surface area contributed by atoms with E-state index < -0.39 is 11.8 Å². The number of hydrogen-bond acceptors (Lipinski definition) is 4. The third-order valence-corrected chi connectivity index (χ3v) is 2.57. The first kappa shape index (κ1) is 14.7. The van der Waals surface area contributed by atoms with Crippen molar-refractivity contribution >= 4 is 35.3 Å². The van der Waals surface area contributed by atoms with Gasteiger partial charge in [0.1, 0.15) is 0 Å². The van der Waals surface area contributed by atoms with Crippen molar-refractivity contribution in [2.75, 3.05) is 5.32 Å². The first-order valence-corrected chi connectivity index (χ1v) is 6.34. The highest BCUT2D eigenvalue weighted by atomic mass is 35.5. The Morgan fingerprint density at radius 3 is 2.71 bits per heavy atom. The molecule has 21 heavy (non-hydrogen) atoms. The lowest BCUT2D eigenvalue weighted by Crippen LogP contribution is -2.32. The van der Waals surface area contributed by atoms with E-state index in [9.17, 15) is 9.59 Å². The summed E-state index contributed by atoms with van der Waals surface area (Å²) in [4.78, 5) is 27.1. The fourth-order valence-electron chi connectivity index (χ4n) is 1.41. The van der Waals surface area contributed by atoms with Crippen LogP contribution >= 0.6 is 11.6 Å². The molecule has 1 heterocycles. The predicted octanol–water partition coefficient (Wildman–Crippen LogP) is 1.82. The van der Waals surface area contributed by atoms with Crippen LogP contribution in [0.4, 0.5) is 5.69 Å². The van der Waals surface area contributed by atoms with E-state index in [1.165, 1.54) is 12.3 Å². The molecular weight excluding hydrogens is 292 g/mol. The number of pyridine rings is 1. The number of hydrogen-bond donors (Lipinski definition) is 2. The fourth-order valence-corrected chi connectivity index (χ4v) is 1.60. The summed E-state index contributed by atoms with van der Waals surface area (Å²) in [6.07, 6.45) is 2.93. The molecule has 0 atom stereocenters. The smallest absolute Gasteiger partial charge is 0.318 e. The van der Waals surface area contributed by atoms with Crippen LogP contribution in [-0.2, 0) is 9.59 Å². The summed E-state index contributed by atoms with van der Waals surface area (Å²) >= 11 is 5.78. The van der Waals surface area contributed by atoms with E-state index in [1.54, 1.807) is 42.6 Å². The average molecular weight is 303 g/mol. The summed E-state index contributed by atoms with van der Waals surface area (Å²) in [5.41, 5.74) is 3.10. The molecular formula is C14H11ClN4O2. The number of benzene rings is 1. The van der Waals surface area contributed by atoms with E-state index in [4.69, 9.17) is 11.6 Å². The topological polar surface area (TPSA) is 83.5 Å². The largest absolute Gasteiger partial charge is 0.329 e. The summed E-state index contributed by atoms with van der Waals surface area (Å²) in [6.45, 7) is 0. The molecule has 0 bridgehead atoms. The van der Waals surface area contributed by atoms with E-state index in [0.717, 1.165) is 0 Å². The molecule has 2 N–H and O–H groups in total. The van der Waals surface area contributed by atoms with Crippen molar-refractivity contribution in [2.45, 2.75) is 0 Å². The number of anilines is 1. The number of hydrazone groups is 1. The van der Waals surface area contributed by atoms with Gasteiger partial charge in [-0.2, -0.15) is 5.10 Å². The van der Waals surface area contributed by atoms with Crippen LogP contribution in [0.2, 0.25) is 5.02 Å². The Morgan fingerprint density at radius 1 is 1.14 bits per heavy atom. The molecule has 2 aromatic rings. The minimum atomic E-state index is -0.887. The third-order valence-electron chi connectivity index (χ3n) is 2.34. The zero-order chi connectivity index (χ0) is 15.1. The molecule has 0 aliphatic carbocycles. The molecule has 6 nitrogen and oxygen atoms in total. The molecule has 0 spiro atoms. The zero-order valence-corrected chi connectivity index (χ0v) is 11.5. The molecule has 0 saturated heterocycles. The first-order chi connectivity index (χ1) is 10.1. The van der Waals surface area contributed by atoms with Gasteiger partial charge in [-0.25, -0.2) is 5.43 Å². The van der Waals surface area contributed by atoms with Crippen molar-refractivity contribution in [1.29, 1.82) is 0 Å². The maximum absolute atomic E-state index is 11.6. The number of amides is 2. The number of halogens is 1. The number of carbonyl (C=O) groups excluding carboxylic acids is 2. The van der Waals surface area contributed by atoms with Gasteiger partial charge in [0.2, 0.25) is 0 Å². The van der Waals surface area contributed by atoms with Crippen molar-refractivity contribution in [3.63, 3.8) is 0 Å². The van der Waals surface area contributed by atoms with Gasteiger partial charge in [0.25, 0.3) is 0 Å². The van der Waals surface area contributed by atoms with Crippen molar-refractivity contribution < 1.29 is 9.59 Å². The molecule has 2 amide bonds. The average Bonchev–Trinajstić information content (AvgIpc) is 2.48. The number of aromatic nitrogens is 1. The molecule has 0 aliphatic heterocycles. The van der Waals surface area contributed by atoms with Gasteiger partial charge in [-0.15, -0.1) is 0 Å². The van der Waals surface area contributed by atoms with Crippen LogP contribution in [0.25, 0.3) is 0 Å². The second-order valence-corrected chi connectivity index (χ2v) is 4.35. The summed E-state index contributed by atoms with van der Waals surface area (Å²) in [6, 6.07) is 11.7. The van der Waals surface area contributed by atoms with Gasteiger partial charge in [0.15, 0.2) is 0 Å². The minimum absolute atomic E-state index is 0.427. The Kier molecular flexibility index (Phi) is 5.00. The molecule has 1 aromatic carbocycles. The SMILES string of the molecule is O=C(N/N=C\c1ccccn1)C(=O)Nc1cccc(Cl)c1. The number of nitrogens with one attached hydrogen (secondary N) is 2. The van der Waals surface area contributed by atoms with Gasteiger partial charge >= 0.3 is 11.8 Å². The Balaban J connectivity index is 1.88. The lowest BCUT2D eigenvalue weighted by molar-refractivity contribution is -0.136. The highest BCUT2D eigenvalue weighted by Crippen LogP contribution is 2.14. The molecule has 7 heteroatoms. The van der Waals surface area contributed by atoms with E-state index in [2.05, 4.69) is 20.8 Å². The van der Waals surface area contributed by atoms with Crippen LogP contribution in [0.3, 0.4) is 0 Å². The predicted molar refractivity (Wildman–Crippen MR) is 80.1 cm³/mol. The van der Waals surface area contributed by atoms with Crippen molar-refractivity contribution in [2.24, 2.45) is 5.10 Å². The number of carbonyl (C=O) groups is 2. The monoisotopic (exact) mass is 302 g/mol. The van der Waals surface area contributed by atoms with E-state index in [1.807, 2.05) is 0 Å². The molecule has 0 unspecified atom stereocenters. The molecule has 106 valence electrons. The second kappa shape index (κ2) is 7.16. The van der Waals surface area contributed by atoms with Gasteiger partial charge in [0.05, 0.1) is 11.9 Å². The highest BCUT2D eigenvalue weighted by Gasteiger charge is 2.12. The van der Waals surface area contributed by atoms with Gasteiger partial charge in [-0.1, -0.05) is 23.7 Å². The summed E-state index contributed by atoms with van der Waals surface area (Å²) in [5.74, 6) is -1.72. The lowest BCUT2D eigenvalue weighted by atomic mass is 10.3. The normalized spacial score (nSPS) is 10.3. The Labute approximate surface area is 125 Å². The molecule has 2 rings (SSSR count).